The lowest BCUT2D eigenvalue weighted by Gasteiger charge is -1.85. The van der Waals surface area contributed by atoms with Crippen LogP contribution >= 0.6 is 11.3 Å². The van der Waals surface area contributed by atoms with Crippen LogP contribution in [0, 0.1) is 0 Å². The third kappa shape index (κ3) is 1.24. The zero-order chi connectivity index (χ0) is 6.69. The molecule has 0 aliphatic carbocycles. The molecular weight excluding hydrogens is 142 g/mol. The van der Waals surface area contributed by atoms with Crippen LogP contribution in [0.3, 0.4) is 0 Å². The predicted molar refractivity (Wildman–Crippen MR) is 30.2 cm³/mol. The summed E-state index contributed by atoms with van der Waals surface area (Å²) in [7, 11) is 0. The average Bonchev–Trinajstić information content (AvgIpc) is 2.37. The van der Waals surface area contributed by atoms with Crippen LogP contribution in [0.5, 0.6) is 0 Å². The van der Waals surface area contributed by atoms with Crippen LogP contribution in [0.2, 0.25) is 0 Å². The summed E-state index contributed by atoms with van der Waals surface area (Å²) in [4.78, 5) is 17.3. The van der Waals surface area contributed by atoms with E-state index >= 15 is 0 Å². The standard InChI is InChI=1S/C4H3NO3S/c6-4(8-7)3-5-1-2-9-3/h1-2,7H. The summed E-state index contributed by atoms with van der Waals surface area (Å²) in [6, 6.07) is 0. The Morgan fingerprint density at radius 2 is 2.67 bits per heavy atom. The topological polar surface area (TPSA) is 59.4 Å². The van der Waals surface area contributed by atoms with Crippen LogP contribution in [0.1, 0.15) is 9.80 Å². The second-order valence-electron chi connectivity index (χ2n) is 1.22. The van der Waals surface area contributed by atoms with Crippen molar-refractivity contribution in [2.45, 2.75) is 0 Å². The molecule has 0 fully saturated rings. The monoisotopic (exact) mass is 145 g/mol. The fourth-order valence-electron chi connectivity index (χ4n) is 0.363. The minimum Gasteiger partial charge on any atom is -0.293 e. The van der Waals surface area contributed by atoms with Crippen molar-refractivity contribution < 1.29 is 14.9 Å². The van der Waals surface area contributed by atoms with E-state index in [1.165, 1.54) is 6.20 Å². The lowest BCUT2D eigenvalue weighted by atomic mass is 10.7. The Labute approximate surface area is 54.7 Å². The Morgan fingerprint density at radius 3 is 3.11 bits per heavy atom. The van der Waals surface area contributed by atoms with Gasteiger partial charge in [0.25, 0.3) is 0 Å². The number of nitrogens with zero attached hydrogens (tertiary/aromatic N) is 1. The second-order valence-corrected chi connectivity index (χ2v) is 2.11. The molecule has 0 aliphatic rings. The normalized spacial score (nSPS) is 9.00. The molecule has 0 aromatic carbocycles. The minimum absolute atomic E-state index is 0.150. The molecule has 0 unspecified atom stereocenters. The molecule has 0 saturated carbocycles. The SMILES string of the molecule is O=C(OO)c1nccs1. The quantitative estimate of drug-likeness (QED) is 0.468. The van der Waals surface area contributed by atoms with E-state index in [4.69, 9.17) is 5.26 Å². The number of carbonyl (C=O) groups excluding carboxylic acids is 1. The lowest BCUT2D eigenvalue weighted by Crippen LogP contribution is -1.99. The molecule has 9 heavy (non-hydrogen) atoms. The smallest absolute Gasteiger partial charge is 0.293 e. The molecule has 1 aromatic heterocycles. The van der Waals surface area contributed by atoms with Gasteiger partial charge in [0.15, 0.2) is 0 Å². The average molecular weight is 145 g/mol. The Bertz CT molecular complexity index is 196. The van der Waals surface area contributed by atoms with Gasteiger partial charge in [-0.2, -0.15) is 5.26 Å². The van der Waals surface area contributed by atoms with Gasteiger partial charge in [0.2, 0.25) is 5.01 Å². The summed E-state index contributed by atoms with van der Waals surface area (Å²) in [6.07, 6.45) is 1.46. The van der Waals surface area contributed by atoms with E-state index in [9.17, 15) is 4.79 Å². The maximum Gasteiger partial charge on any atom is 0.401 e. The molecule has 48 valence electrons. The van der Waals surface area contributed by atoms with Crippen molar-refractivity contribution in [2.24, 2.45) is 0 Å². The molecular formula is C4H3NO3S. The Kier molecular flexibility index (Phi) is 1.76. The summed E-state index contributed by atoms with van der Waals surface area (Å²) in [5, 5.41) is 9.59. The van der Waals surface area contributed by atoms with Gasteiger partial charge in [-0.15, -0.1) is 11.3 Å². The molecule has 5 heteroatoms. The highest BCUT2D eigenvalue weighted by Crippen LogP contribution is 2.03. The molecule has 0 bridgehead atoms. The van der Waals surface area contributed by atoms with Crippen molar-refractivity contribution >= 4 is 17.3 Å². The van der Waals surface area contributed by atoms with Crippen molar-refractivity contribution in [3.05, 3.63) is 16.6 Å². The lowest BCUT2D eigenvalue weighted by molar-refractivity contribution is -0.182. The van der Waals surface area contributed by atoms with Crippen molar-refractivity contribution in [1.29, 1.82) is 0 Å². The van der Waals surface area contributed by atoms with Crippen molar-refractivity contribution in [1.82, 2.24) is 4.98 Å². The van der Waals surface area contributed by atoms with Crippen LogP contribution in [-0.2, 0) is 4.89 Å². The highest BCUT2D eigenvalue weighted by molar-refractivity contribution is 7.11. The van der Waals surface area contributed by atoms with Crippen molar-refractivity contribution in [3.8, 4) is 0 Å². The maximum atomic E-state index is 10.4. The molecule has 1 heterocycles. The molecule has 0 radical (unpaired) electrons. The van der Waals surface area contributed by atoms with Gasteiger partial charge in [-0.05, 0) is 0 Å². The number of aromatic nitrogens is 1. The summed E-state index contributed by atoms with van der Waals surface area (Å²) in [5.74, 6) is -0.815. The molecule has 0 amide bonds. The Hall–Kier alpha value is -0.940. The first kappa shape index (κ1) is 6.18. The molecule has 4 nitrogen and oxygen atoms in total. The highest BCUT2D eigenvalue weighted by Gasteiger charge is 2.07. The number of hydrogen-bond acceptors (Lipinski definition) is 5. The van der Waals surface area contributed by atoms with Gasteiger partial charge in [-0.25, -0.2) is 9.78 Å². The van der Waals surface area contributed by atoms with E-state index in [-0.39, 0.29) is 5.01 Å². The van der Waals surface area contributed by atoms with Gasteiger partial charge < -0.3 is 0 Å². The molecule has 1 rings (SSSR count). The molecule has 0 aliphatic heterocycles. The first-order valence-corrected chi connectivity index (χ1v) is 2.98. The van der Waals surface area contributed by atoms with Crippen LogP contribution in [0.25, 0.3) is 0 Å². The fraction of sp³-hybridized carbons (Fsp3) is 0. The highest BCUT2D eigenvalue weighted by atomic mass is 32.1. The van der Waals surface area contributed by atoms with Gasteiger partial charge in [0.05, 0.1) is 0 Å². The minimum atomic E-state index is -0.815. The van der Waals surface area contributed by atoms with E-state index in [1.54, 1.807) is 5.38 Å². The largest absolute Gasteiger partial charge is 0.401 e. The van der Waals surface area contributed by atoms with Crippen molar-refractivity contribution in [2.75, 3.05) is 0 Å². The third-order valence-corrected chi connectivity index (χ3v) is 1.44. The summed E-state index contributed by atoms with van der Waals surface area (Å²) in [5.41, 5.74) is 0. The summed E-state index contributed by atoms with van der Waals surface area (Å²) in [6.45, 7) is 0. The predicted octanol–water partition coefficient (Wildman–Crippen LogP) is 0.773. The van der Waals surface area contributed by atoms with Crippen molar-refractivity contribution in [3.63, 3.8) is 0 Å². The Morgan fingerprint density at radius 1 is 1.89 bits per heavy atom. The number of hydrogen-bond donors (Lipinski definition) is 1. The first-order valence-electron chi connectivity index (χ1n) is 2.10. The van der Waals surface area contributed by atoms with Crippen LogP contribution in [0.4, 0.5) is 0 Å². The zero-order valence-corrected chi connectivity index (χ0v) is 5.09. The van der Waals surface area contributed by atoms with E-state index in [0.717, 1.165) is 11.3 Å². The number of thiazole rings is 1. The molecule has 1 aromatic rings. The van der Waals surface area contributed by atoms with Crippen LogP contribution in [0.15, 0.2) is 11.6 Å². The zero-order valence-electron chi connectivity index (χ0n) is 4.27. The van der Waals surface area contributed by atoms with Gasteiger partial charge in [0, 0.05) is 11.6 Å². The Balaban J connectivity index is 2.77. The third-order valence-electron chi connectivity index (χ3n) is 0.690. The van der Waals surface area contributed by atoms with E-state index in [0.29, 0.717) is 0 Å². The van der Waals surface area contributed by atoms with E-state index in [1.807, 2.05) is 0 Å². The molecule has 0 saturated heterocycles. The van der Waals surface area contributed by atoms with Gasteiger partial charge in [0.1, 0.15) is 0 Å². The maximum absolute atomic E-state index is 10.4. The number of carbonyl (C=O) groups is 1. The number of rotatable bonds is 1. The molecule has 0 spiro atoms. The summed E-state index contributed by atoms with van der Waals surface area (Å²) >= 11 is 1.11. The van der Waals surface area contributed by atoms with E-state index in [2.05, 4.69) is 9.87 Å². The second kappa shape index (κ2) is 2.56. The molecule has 1 N–H and O–H groups in total. The molecule has 0 atom stereocenters. The summed E-state index contributed by atoms with van der Waals surface area (Å²) < 4.78 is 0. The van der Waals surface area contributed by atoms with Gasteiger partial charge in [-0.3, -0.25) is 4.89 Å². The van der Waals surface area contributed by atoms with Crippen LogP contribution < -0.4 is 0 Å². The first-order chi connectivity index (χ1) is 4.34. The fourth-order valence-corrected chi connectivity index (χ4v) is 0.869. The van der Waals surface area contributed by atoms with Gasteiger partial charge >= 0.3 is 5.97 Å². The van der Waals surface area contributed by atoms with Crippen LogP contribution in [-0.4, -0.2) is 16.2 Å². The van der Waals surface area contributed by atoms with E-state index < -0.39 is 5.97 Å². The van der Waals surface area contributed by atoms with Gasteiger partial charge in [-0.1, -0.05) is 0 Å².